The largest absolute Gasteiger partial charge is 0.456 e. The van der Waals surface area contributed by atoms with E-state index < -0.39 is 0 Å². The maximum absolute atomic E-state index is 10.6. The van der Waals surface area contributed by atoms with Crippen LogP contribution >= 0.6 is 0 Å². The highest BCUT2D eigenvalue weighted by molar-refractivity contribution is 5.74. The fraction of sp³-hybridized carbons (Fsp3) is 0.143. The third-order valence-electron chi connectivity index (χ3n) is 2.41. The summed E-state index contributed by atoms with van der Waals surface area (Å²) in [6, 6.07) is 9.52. The van der Waals surface area contributed by atoms with Gasteiger partial charge in [0.1, 0.15) is 11.5 Å². The minimum atomic E-state index is 0.508. The van der Waals surface area contributed by atoms with Crippen LogP contribution in [0.2, 0.25) is 0 Å². The Morgan fingerprint density at radius 3 is 2.88 bits per heavy atom. The van der Waals surface area contributed by atoms with Gasteiger partial charge < -0.3 is 4.74 Å². The smallest absolute Gasteiger partial charge is 0.151 e. The first-order valence-electron chi connectivity index (χ1n) is 5.49. The van der Waals surface area contributed by atoms with Gasteiger partial charge in [-0.3, -0.25) is 9.78 Å². The molecule has 0 N–H and O–H groups in total. The van der Waals surface area contributed by atoms with Crippen molar-refractivity contribution < 1.29 is 9.53 Å². The quantitative estimate of drug-likeness (QED) is 0.752. The maximum atomic E-state index is 10.6. The zero-order valence-corrected chi connectivity index (χ0v) is 9.59. The van der Waals surface area contributed by atoms with Crippen molar-refractivity contribution in [1.29, 1.82) is 0 Å². The van der Waals surface area contributed by atoms with Crippen LogP contribution in [0.4, 0.5) is 0 Å². The summed E-state index contributed by atoms with van der Waals surface area (Å²) in [5.74, 6) is 1.33. The van der Waals surface area contributed by atoms with Crippen LogP contribution in [0, 0.1) is 0 Å². The lowest BCUT2D eigenvalue weighted by molar-refractivity contribution is 0.112. The summed E-state index contributed by atoms with van der Waals surface area (Å²) in [5, 5.41) is 0. The zero-order valence-electron chi connectivity index (χ0n) is 9.59. The Bertz CT molecular complexity index is 523. The molecule has 3 heteroatoms. The Hall–Kier alpha value is -2.16. The zero-order chi connectivity index (χ0) is 12.1. The number of carbonyl (C=O) groups excluding carboxylic acids is 1. The number of nitrogens with zero attached hydrogens (tertiary/aromatic N) is 1. The van der Waals surface area contributed by atoms with Crippen LogP contribution in [-0.4, -0.2) is 11.3 Å². The molecule has 1 aromatic heterocycles. The average molecular weight is 227 g/mol. The lowest BCUT2D eigenvalue weighted by Crippen LogP contribution is -1.89. The molecule has 0 saturated heterocycles. The lowest BCUT2D eigenvalue weighted by atomic mass is 10.2. The van der Waals surface area contributed by atoms with Crippen LogP contribution in [0.3, 0.4) is 0 Å². The molecule has 0 unspecified atom stereocenters. The van der Waals surface area contributed by atoms with Crippen molar-refractivity contribution in [2.45, 2.75) is 13.3 Å². The highest BCUT2D eigenvalue weighted by Gasteiger charge is 2.00. The van der Waals surface area contributed by atoms with Crippen molar-refractivity contribution in [2.75, 3.05) is 0 Å². The van der Waals surface area contributed by atoms with Gasteiger partial charge in [-0.1, -0.05) is 19.1 Å². The molecule has 0 saturated carbocycles. The summed E-state index contributed by atoms with van der Waals surface area (Å²) >= 11 is 0. The molecule has 2 rings (SSSR count). The van der Waals surface area contributed by atoms with Gasteiger partial charge in [-0.25, -0.2) is 0 Å². The van der Waals surface area contributed by atoms with E-state index in [0.29, 0.717) is 11.3 Å². The fourth-order valence-corrected chi connectivity index (χ4v) is 1.52. The molecule has 17 heavy (non-hydrogen) atoms. The summed E-state index contributed by atoms with van der Waals surface area (Å²) in [7, 11) is 0. The normalized spacial score (nSPS) is 9.94. The third kappa shape index (κ3) is 2.91. The van der Waals surface area contributed by atoms with Crippen LogP contribution in [0.5, 0.6) is 11.5 Å². The molecule has 1 aromatic carbocycles. The molecule has 0 spiro atoms. The van der Waals surface area contributed by atoms with Crippen LogP contribution < -0.4 is 4.74 Å². The standard InChI is InChI=1S/C14H13NO2/c1-2-11-4-3-5-13(6-11)17-14-7-12(10-16)8-15-9-14/h3-10H,2H2,1H3. The van der Waals surface area contributed by atoms with E-state index in [1.807, 2.05) is 24.3 Å². The first kappa shape index (κ1) is 11.3. The fourth-order valence-electron chi connectivity index (χ4n) is 1.52. The van der Waals surface area contributed by atoms with Gasteiger partial charge in [0.25, 0.3) is 0 Å². The van der Waals surface area contributed by atoms with Gasteiger partial charge >= 0.3 is 0 Å². The highest BCUT2D eigenvalue weighted by Crippen LogP contribution is 2.22. The predicted octanol–water partition coefficient (Wildman–Crippen LogP) is 3.25. The SMILES string of the molecule is CCc1cccc(Oc2cncc(C=O)c2)c1. The van der Waals surface area contributed by atoms with E-state index in [-0.39, 0.29) is 0 Å². The number of carbonyl (C=O) groups is 1. The summed E-state index contributed by atoms with van der Waals surface area (Å²) in [4.78, 5) is 14.6. The van der Waals surface area contributed by atoms with E-state index in [1.165, 1.54) is 11.8 Å². The van der Waals surface area contributed by atoms with E-state index >= 15 is 0 Å². The Balaban J connectivity index is 2.21. The molecule has 0 aliphatic rings. The average Bonchev–Trinajstić information content (AvgIpc) is 2.39. The molecule has 1 heterocycles. The number of aldehydes is 1. The molecule has 0 aliphatic heterocycles. The van der Waals surface area contributed by atoms with Crippen molar-refractivity contribution in [3.05, 3.63) is 53.9 Å². The number of hydrogen-bond donors (Lipinski definition) is 0. The molecule has 0 radical (unpaired) electrons. The van der Waals surface area contributed by atoms with Gasteiger partial charge in [-0.05, 0) is 30.2 Å². The molecule has 0 bridgehead atoms. The summed E-state index contributed by atoms with van der Waals surface area (Å²) < 4.78 is 5.64. The number of hydrogen-bond acceptors (Lipinski definition) is 3. The molecule has 0 atom stereocenters. The van der Waals surface area contributed by atoms with Crippen molar-refractivity contribution in [3.8, 4) is 11.5 Å². The van der Waals surface area contributed by atoms with Gasteiger partial charge in [0, 0.05) is 11.8 Å². The number of aromatic nitrogens is 1. The van der Waals surface area contributed by atoms with Crippen molar-refractivity contribution in [1.82, 2.24) is 4.98 Å². The van der Waals surface area contributed by atoms with E-state index in [4.69, 9.17) is 4.74 Å². The van der Waals surface area contributed by atoms with Crippen molar-refractivity contribution >= 4 is 6.29 Å². The first-order chi connectivity index (χ1) is 8.31. The number of ether oxygens (including phenoxy) is 1. The molecule has 0 amide bonds. The van der Waals surface area contributed by atoms with Gasteiger partial charge in [0.15, 0.2) is 6.29 Å². The second-order valence-corrected chi connectivity index (χ2v) is 3.67. The summed E-state index contributed by atoms with van der Waals surface area (Å²) in [6.07, 6.45) is 4.81. The van der Waals surface area contributed by atoms with Crippen LogP contribution in [0.1, 0.15) is 22.8 Å². The van der Waals surface area contributed by atoms with Crippen molar-refractivity contribution in [2.24, 2.45) is 0 Å². The van der Waals surface area contributed by atoms with E-state index in [9.17, 15) is 4.79 Å². The minimum Gasteiger partial charge on any atom is -0.456 e. The van der Waals surface area contributed by atoms with E-state index in [1.54, 1.807) is 12.3 Å². The van der Waals surface area contributed by atoms with Crippen molar-refractivity contribution in [3.63, 3.8) is 0 Å². The van der Waals surface area contributed by atoms with Gasteiger partial charge in [0.2, 0.25) is 0 Å². The molecule has 0 fully saturated rings. The number of benzene rings is 1. The van der Waals surface area contributed by atoms with E-state index in [0.717, 1.165) is 18.5 Å². The van der Waals surface area contributed by atoms with Gasteiger partial charge in [-0.15, -0.1) is 0 Å². The van der Waals surface area contributed by atoms with Crippen LogP contribution in [0.15, 0.2) is 42.7 Å². The first-order valence-corrected chi connectivity index (χ1v) is 5.49. The number of aryl methyl sites for hydroxylation is 1. The molecular weight excluding hydrogens is 214 g/mol. The Morgan fingerprint density at radius 2 is 2.12 bits per heavy atom. The maximum Gasteiger partial charge on any atom is 0.151 e. The lowest BCUT2D eigenvalue weighted by Gasteiger charge is -2.06. The van der Waals surface area contributed by atoms with Gasteiger partial charge in [-0.2, -0.15) is 0 Å². The molecule has 86 valence electrons. The summed E-state index contributed by atoms with van der Waals surface area (Å²) in [6.45, 7) is 2.09. The second kappa shape index (κ2) is 5.25. The predicted molar refractivity (Wildman–Crippen MR) is 65.5 cm³/mol. The van der Waals surface area contributed by atoms with Crippen LogP contribution in [0.25, 0.3) is 0 Å². The highest BCUT2D eigenvalue weighted by atomic mass is 16.5. The number of pyridine rings is 1. The van der Waals surface area contributed by atoms with Crippen LogP contribution in [-0.2, 0) is 6.42 Å². The topological polar surface area (TPSA) is 39.2 Å². The Kier molecular flexibility index (Phi) is 3.50. The Labute approximate surface area is 100 Å². The monoisotopic (exact) mass is 227 g/mol. The molecule has 2 aromatic rings. The summed E-state index contributed by atoms with van der Waals surface area (Å²) in [5.41, 5.74) is 1.72. The molecule has 3 nitrogen and oxygen atoms in total. The Morgan fingerprint density at radius 1 is 1.24 bits per heavy atom. The van der Waals surface area contributed by atoms with E-state index in [2.05, 4.69) is 11.9 Å². The molecule has 0 aliphatic carbocycles. The number of rotatable bonds is 4. The minimum absolute atomic E-state index is 0.508. The molecular formula is C14H13NO2. The van der Waals surface area contributed by atoms with Gasteiger partial charge in [0.05, 0.1) is 6.20 Å². The second-order valence-electron chi connectivity index (χ2n) is 3.67. The third-order valence-corrected chi connectivity index (χ3v) is 2.41.